The van der Waals surface area contributed by atoms with Crippen LogP contribution < -0.4 is 9.46 Å². The van der Waals surface area contributed by atoms with Gasteiger partial charge in [-0.2, -0.15) is 12.7 Å². The van der Waals surface area contributed by atoms with Crippen LogP contribution in [-0.4, -0.2) is 50.3 Å². The van der Waals surface area contributed by atoms with Crippen LogP contribution in [0.2, 0.25) is 0 Å². The highest BCUT2D eigenvalue weighted by Crippen LogP contribution is 2.48. The highest BCUT2D eigenvalue weighted by Gasteiger charge is 2.36. The molecule has 34 heavy (non-hydrogen) atoms. The van der Waals surface area contributed by atoms with Crippen LogP contribution in [0, 0.1) is 0 Å². The number of rotatable bonds is 5. The van der Waals surface area contributed by atoms with Gasteiger partial charge in [0.15, 0.2) is 0 Å². The third-order valence-corrected chi connectivity index (χ3v) is 8.31. The van der Waals surface area contributed by atoms with Crippen molar-refractivity contribution in [1.29, 1.82) is 0 Å². The molecule has 0 bridgehead atoms. The zero-order valence-electron chi connectivity index (χ0n) is 19.4. The highest BCUT2D eigenvalue weighted by molar-refractivity contribution is 7.87. The van der Waals surface area contributed by atoms with Crippen molar-refractivity contribution in [1.82, 2.24) is 13.6 Å². The molecule has 2 aromatic carbocycles. The van der Waals surface area contributed by atoms with Gasteiger partial charge in [0.05, 0.1) is 23.9 Å². The molecule has 8 nitrogen and oxygen atoms in total. The summed E-state index contributed by atoms with van der Waals surface area (Å²) in [5, 5.41) is 0.934. The highest BCUT2D eigenvalue weighted by atomic mass is 32.2. The molecule has 178 valence electrons. The molecule has 9 heteroatoms. The predicted octanol–water partition coefficient (Wildman–Crippen LogP) is 3.90. The molecule has 0 radical (unpaired) electrons. The van der Waals surface area contributed by atoms with Gasteiger partial charge < -0.3 is 4.74 Å². The summed E-state index contributed by atoms with van der Waals surface area (Å²) < 4.78 is 34.3. The van der Waals surface area contributed by atoms with E-state index in [2.05, 4.69) is 4.72 Å². The first-order chi connectivity index (χ1) is 16.2. The van der Waals surface area contributed by atoms with Gasteiger partial charge in [0, 0.05) is 30.6 Å². The Labute approximate surface area is 198 Å². The molecule has 5 rings (SSSR count). The Morgan fingerprint density at radius 3 is 2.47 bits per heavy atom. The number of nitrogens with zero attached hydrogens (tertiary/aromatic N) is 2. The number of hydrogen-bond acceptors (Lipinski definition) is 5. The molecule has 1 N–H and O–H groups in total. The molecule has 1 amide bonds. The third-order valence-electron chi connectivity index (χ3n) is 6.90. The molecule has 0 unspecified atom stereocenters. The maximum Gasteiger partial charge on any atom is 0.303 e. The average Bonchev–Trinajstić information content (AvgIpc) is 3.31. The third kappa shape index (κ3) is 3.50. The van der Waals surface area contributed by atoms with E-state index in [9.17, 15) is 18.0 Å². The number of methoxy groups -OCH3 is 1. The number of ether oxygens (including phenoxy) is 1. The number of amides is 1. The van der Waals surface area contributed by atoms with Crippen LogP contribution in [0.25, 0.3) is 22.2 Å². The maximum absolute atomic E-state index is 13.6. The summed E-state index contributed by atoms with van der Waals surface area (Å²) in [5.41, 5.74) is 4.24. The largest absolute Gasteiger partial charge is 0.497 e. The molecule has 1 aromatic heterocycles. The van der Waals surface area contributed by atoms with E-state index in [1.807, 2.05) is 18.2 Å². The van der Waals surface area contributed by atoms with Gasteiger partial charge in [-0.3, -0.25) is 14.2 Å². The van der Waals surface area contributed by atoms with Crippen molar-refractivity contribution >= 4 is 32.9 Å². The number of fused-ring (bicyclic) bond motifs is 5. The Bertz CT molecular complexity index is 1430. The zero-order chi connectivity index (χ0) is 24.2. The SMILES string of the molecule is COc1ccc2c(c1)C(=O)n1c-2c(C2CCCCC2)c2ccc(C(=O)NS(=O)(=O)N(C)C)cc21. The van der Waals surface area contributed by atoms with E-state index < -0.39 is 16.1 Å². The molecular weight excluding hydrogens is 454 g/mol. The minimum absolute atomic E-state index is 0.172. The van der Waals surface area contributed by atoms with E-state index in [1.54, 1.807) is 29.9 Å². The second-order valence-corrected chi connectivity index (χ2v) is 11.0. The fourth-order valence-corrected chi connectivity index (χ4v) is 5.69. The van der Waals surface area contributed by atoms with E-state index >= 15 is 0 Å². The number of carbonyl (C=O) groups is 2. The minimum Gasteiger partial charge on any atom is -0.497 e. The van der Waals surface area contributed by atoms with Crippen LogP contribution in [0.4, 0.5) is 0 Å². The first-order valence-corrected chi connectivity index (χ1v) is 12.8. The van der Waals surface area contributed by atoms with Gasteiger partial charge in [-0.05, 0) is 54.7 Å². The summed E-state index contributed by atoms with van der Waals surface area (Å²) in [5.74, 6) is 0.0157. The minimum atomic E-state index is -3.94. The van der Waals surface area contributed by atoms with Crippen LogP contribution in [0.3, 0.4) is 0 Å². The number of nitrogens with one attached hydrogen (secondary N) is 1. The quantitative estimate of drug-likeness (QED) is 0.466. The van der Waals surface area contributed by atoms with Crippen molar-refractivity contribution in [2.45, 2.75) is 38.0 Å². The number of carbonyl (C=O) groups excluding carboxylic acids is 2. The molecular formula is C25H27N3O5S. The summed E-state index contributed by atoms with van der Waals surface area (Å²) in [4.78, 5) is 26.3. The Morgan fingerprint density at radius 1 is 1.06 bits per heavy atom. The smallest absolute Gasteiger partial charge is 0.303 e. The second-order valence-electron chi connectivity index (χ2n) is 9.10. The Hall–Kier alpha value is -3.17. The second kappa shape index (κ2) is 8.25. The lowest BCUT2D eigenvalue weighted by atomic mass is 9.81. The Morgan fingerprint density at radius 2 is 1.79 bits per heavy atom. The topological polar surface area (TPSA) is 97.7 Å². The summed E-state index contributed by atoms with van der Waals surface area (Å²) in [6, 6.07) is 10.6. The fraction of sp³-hybridized carbons (Fsp3) is 0.360. The van der Waals surface area contributed by atoms with Crippen LogP contribution in [0.15, 0.2) is 36.4 Å². The average molecular weight is 482 g/mol. The Kier molecular flexibility index (Phi) is 5.49. The van der Waals surface area contributed by atoms with Crippen molar-refractivity contribution < 1.29 is 22.7 Å². The predicted molar refractivity (Wildman–Crippen MR) is 130 cm³/mol. The maximum atomic E-state index is 13.6. The van der Waals surface area contributed by atoms with Gasteiger partial charge in [-0.1, -0.05) is 25.3 Å². The zero-order valence-corrected chi connectivity index (χ0v) is 20.2. The summed E-state index contributed by atoms with van der Waals surface area (Å²) >= 11 is 0. The van der Waals surface area contributed by atoms with Crippen LogP contribution >= 0.6 is 0 Å². The first kappa shape index (κ1) is 22.6. The molecule has 1 aliphatic heterocycles. The van der Waals surface area contributed by atoms with Gasteiger partial charge in [0.2, 0.25) is 0 Å². The van der Waals surface area contributed by atoms with Crippen molar-refractivity contribution in [3.63, 3.8) is 0 Å². The number of benzene rings is 2. The van der Waals surface area contributed by atoms with E-state index in [0.29, 0.717) is 22.7 Å². The molecule has 2 aliphatic rings. The molecule has 1 saturated carbocycles. The lowest BCUT2D eigenvalue weighted by Gasteiger charge is -2.23. The number of hydrogen-bond donors (Lipinski definition) is 1. The van der Waals surface area contributed by atoms with Crippen molar-refractivity contribution in [3.8, 4) is 17.0 Å². The lowest BCUT2D eigenvalue weighted by Crippen LogP contribution is -2.39. The van der Waals surface area contributed by atoms with Gasteiger partial charge in [-0.25, -0.2) is 4.72 Å². The van der Waals surface area contributed by atoms with Crippen LogP contribution in [0.5, 0.6) is 5.75 Å². The van der Waals surface area contributed by atoms with Crippen molar-refractivity contribution in [2.75, 3.05) is 21.2 Å². The fourth-order valence-electron chi connectivity index (χ4n) is 5.16. The van der Waals surface area contributed by atoms with E-state index in [0.717, 1.165) is 52.2 Å². The number of aromatic nitrogens is 1. The monoisotopic (exact) mass is 481 g/mol. The standard InChI is InChI=1S/C25H27N3O5S/c1-27(2)34(31,32)26-24(29)16-9-11-19-21(13-16)28-23(22(19)15-7-5-4-6-8-15)18-12-10-17(33-3)14-20(18)25(28)30/h9-15H,4-8H2,1-3H3,(H,26,29). The molecule has 3 aromatic rings. The lowest BCUT2D eigenvalue weighted by molar-refractivity contribution is 0.0965. The van der Waals surface area contributed by atoms with Gasteiger partial charge in [-0.15, -0.1) is 0 Å². The van der Waals surface area contributed by atoms with Crippen molar-refractivity contribution in [2.24, 2.45) is 0 Å². The normalized spacial score (nSPS) is 16.1. The van der Waals surface area contributed by atoms with Gasteiger partial charge in [0.25, 0.3) is 11.8 Å². The molecule has 0 spiro atoms. The van der Waals surface area contributed by atoms with Gasteiger partial charge >= 0.3 is 10.2 Å². The van der Waals surface area contributed by atoms with E-state index in [4.69, 9.17) is 4.74 Å². The van der Waals surface area contributed by atoms with Crippen LogP contribution in [-0.2, 0) is 10.2 Å². The summed E-state index contributed by atoms with van der Waals surface area (Å²) in [6.07, 6.45) is 5.60. The molecule has 0 saturated heterocycles. The van der Waals surface area contributed by atoms with Gasteiger partial charge in [0.1, 0.15) is 5.75 Å². The Balaban J connectivity index is 1.70. The molecule has 2 heterocycles. The molecule has 0 atom stereocenters. The van der Waals surface area contributed by atoms with Crippen LogP contribution in [0.1, 0.15) is 64.3 Å². The summed E-state index contributed by atoms with van der Waals surface area (Å²) in [7, 11) is 0.321. The van der Waals surface area contributed by atoms with E-state index in [1.165, 1.54) is 20.5 Å². The summed E-state index contributed by atoms with van der Waals surface area (Å²) in [6.45, 7) is 0. The first-order valence-electron chi connectivity index (χ1n) is 11.4. The van der Waals surface area contributed by atoms with Crippen molar-refractivity contribution in [3.05, 3.63) is 53.1 Å². The van der Waals surface area contributed by atoms with E-state index in [-0.39, 0.29) is 11.5 Å². The molecule has 1 fully saturated rings. The molecule has 1 aliphatic carbocycles.